The number of epoxide rings is 2. The standard InChI is InChI=1S/C57H64O8/c1-55(2,41-9-21-47(22-10-41)58-33-7-35-60-49-25-13-43(14-26-49)56(3,4)45-17-29-51(30-18-45)62-37-53-39-64-53)42-11-23-48(24-12-42)59-34-8-36-61-50-27-15-44(16-28-50)57(5,6)46-19-31-52(32-20-46)63-38-54-40-65-54/h9-32,53-54H,7-8,33-40H2,1-6H3. The summed E-state index contributed by atoms with van der Waals surface area (Å²) in [5, 5.41) is 0. The molecule has 2 atom stereocenters. The Morgan fingerprint density at radius 2 is 0.508 bits per heavy atom. The second-order valence-electron chi connectivity index (χ2n) is 18.7. The van der Waals surface area contributed by atoms with Gasteiger partial charge in [0, 0.05) is 29.1 Å². The van der Waals surface area contributed by atoms with Crippen LogP contribution in [0, 0.1) is 0 Å². The zero-order valence-electron chi connectivity index (χ0n) is 38.8. The topological polar surface area (TPSA) is 80.4 Å². The van der Waals surface area contributed by atoms with Crippen LogP contribution in [-0.4, -0.2) is 65.1 Å². The van der Waals surface area contributed by atoms with Crippen LogP contribution in [0.4, 0.5) is 0 Å². The molecule has 65 heavy (non-hydrogen) atoms. The molecule has 0 saturated carbocycles. The lowest BCUT2D eigenvalue weighted by Gasteiger charge is -2.26. The molecule has 6 aromatic rings. The first kappa shape index (κ1) is 45.6. The van der Waals surface area contributed by atoms with Crippen molar-refractivity contribution in [2.45, 2.75) is 82.8 Å². The summed E-state index contributed by atoms with van der Waals surface area (Å²) in [6, 6.07) is 50.4. The van der Waals surface area contributed by atoms with Crippen LogP contribution < -0.4 is 28.4 Å². The molecule has 2 aliphatic rings. The Balaban J connectivity index is 0.712. The van der Waals surface area contributed by atoms with E-state index in [1.807, 2.05) is 24.3 Å². The normalized spacial score (nSPS) is 15.8. The molecule has 2 saturated heterocycles. The van der Waals surface area contributed by atoms with Gasteiger partial charge in [0.15, 0.2) is 0 Å². The molecule has 8 nitrogen and oxygen atoms in total. The minimum atomic E-state index is -0.191. The van der Waals surface area contributed by atoms with Crippen LogP contribution in [0.2, 0.25) is 0 Å². The van der Waals surface area contributed by atoms with Gasteiger partial charge in [-0.1, -0.05) is 114 Å². The van der Waals surface area contributed by atoms with Gasteiger partial charge in [-0.2, -0.15) is 0 Å². The van der Waals surface area contributed by atoms with Crippen LogP contribution in [0.15, 0.2) is 146 Å². The van der Waals surface area contributed by atoms with Gasteiger partial charge >= 0.3 is 0 Å². The van der Waals surface area contributed by atoms with Crippen LogP contribution in [0.1, 0.15) is 87.8 Å². The summed E-state index contributed by atoms with van der Waals surface area (Å²) < 4.78 is 46.4. The van der Waals surface area contributed by atoms with E-state index in [1.165, 1.54) is 33.4 Å². The summed E-state index contributed by atoms with van der Waals surface area (Å²) in [5.41, 5.74) is 6.84. The number of rotatable bonds is 24. The number of hydrogen-bond donors (Lipinski definition) is 0. The number of benzene rings is 6. The van der Waals surface area contributed by atoms with Crippen LogP contribution >= 0.6 is 0 Å². The quantitative estimate of drug-likeness (QED) is 0.0439. The van der Waals surface area contributed by atoms with Crippen molar-refractivity contribution in [2.24, 2.45) is 0 Å². The molecule has 0 amide bonds. The maximum atomic E-state index is 6.08. The van der Waals surface area contributed by atoms with Gasteiger partial charge < -0.3 is 37.9 Å². The van der Waals surface area contributed by atoms with Crippen molar-refractivity contribution >= 4 is 0 Å². The first-order chi connectivity index (χ1) is 31.4. The van der Waals surface area contributed by atoms with Crippen LogP contribution in [0.25, 0.3) is 0 Å². The Morgan fingerprint density at radius 1 is 0.323 bits per heavy atom. The summed E-state index contributed by atoms with van der Waals surface area (Å²) in [6.07, 6.45) is 2.06. The molecule has 2 unspecified atom stereocenters. The summed E-state index contributed by atoms with van der Waals surface area (Å²) in [7, 11) is 0. The van der Waals surface area contributed by atoms with Crippen molar-refractivity contribution in [2.75, 3.05) is 52.9 Å². The molecule has 2 fully saturated rings. The average molecular weight is 877 g/mol. The molecule has 0 N–H and O–H groups in total. The third kappa shape index (κ3) is 12.2. The lowest BCUT2D eigenvalue weighted by atomic mass is 9.78. The van der Waals surface area contributed by atoms with Gasteiger partial charge in [-0.3, -0.25) is 0 Å². The van der Waals surface area contributed by atoms with Gasteiger partial charge in [0.2, 0.25) is 0 Å². The summed E-state index contributed by atoms with van der Waals surface area (Å²) >= 11 is 0. The Labute approximate surface area is 385 Å². The number of ether oxygens (including phenoxy) is 8. The first-order valence-corrected chi connectivity index (χ1v) is 23.1. The fourth-order valence-corrected chi connectivity index (χ4v) is 7.89. The van der Waals surface area contributed by atoms with E-state index < -0.39 is 0 Å². The van der Waals surface area contributed by atoms with Crippen molar-refractivity contribution in [1.82, 2.24) is 0 Å². The molecule has 340 valence electrons. The highest BCUT2D eigenvalue weighted by atomic mass is 16.6. The molecule has 8 heteroatoms. The van der Waals surface area contributed by atoms with E-state index in [9.17, 15) is 0 Å². The highest BCUT2D eigenvalue weighted by Crippen LogP contribution is 2.36. The smallest absolute Gasteiger partial charge is 0.119 e. The van der Waals surface area contributed by atoms with Crippen molar-refractivity contribution in [3.05, 3.63) is 179 Å². The summed E-state index contributed by atoms with van der Waals surface area (Å²) in [4.78, 5) is 0. The molecule has 8 rings (SSSR count). The zero-order valence-corrected chi connectivity index (χ0v) is 38.8. The summed E-state index contributed by atoms with van der Waals surface area (Å²) in [5.74, 6) is 5.16. The number of hydrogen-bond acceptors (Lipinski definition) is 8. The van der Waals surface area contributed by atoms with Crippen LogP contribution in [0.3, 0.4) is 0 Å². The van der Waals surface area contributed by atoms with Gasteiger partial charge in [0.1, 0.15) is 59.9 Å². The maximum Gasteiger partial charge on any atom is 0.119 e. The van der Waals surface area contributed by atoms with Crippen LogP contribution in [-0.2, 0) is 25.7 Å². The van der Waals surface area contributed by atoms with E-state index in [2.05, 4.69) is 163 Å². The van der Waals surface area contributed by atoms with Crippen molar-refractivity contribution < 1.29 is 37.9 Å². The van der Waals surface area contributed by atoms with Gasteiger partial charge in [-0.25, -0.2) is 0 Å². The Kier molecular flexibility index (Phi) is 14.4. The SMILES string of the molecule is CC(C)(c1ccc(OCCCOc2ccc(C(C)(C)c3ccc(OCC4CO4)cc3)cc2)cc1)c1ccc(OCCCOc2ccc(C(C)(C)c3ccc(OCC4CO4)cc3)cc2)cc1. The Hall–Kier alpha value is -5.96. The lowest BCUT2D eigenvalue weighted by Crippen LogP contribution is -2.19. The van der Waals surface area contributed by atoms with Gasteiger partial charge in [-0.15, -0.1) is 0 Å². The van der Waals surface area contributed by atoms with Crippen molar-refractivity contribution in [3.8, 4) is 34.5 Å². The Bertz CT molecular complexity index is 2210. The van der Waals surface area contributed by atoms with Gasteiger partial charge in [-0.05, 0) is 106 Å². The molecule has 2 aliphatic heterocycles. The molecular weight excluding hydrogens is 813 g/mol. The molecule has 0 spiro atoms. The highest BCUT2D eigenvalue weighted by Gasteiger charge is 2.27. The van der Waals surface area contributed by atoms with E-state index in [0.29, 0.717) is 39.6 Å². The van der Waals surface area contributed by atoms with E-state index in [0.717, 1.165) is 60.6 Å². The molecule has 0 aliphatic carbocycles. The molecular formula is C57H64O8. The molecule has 0 radical (unpaired) electrons. The maximum absolute atomic E-state index is 6.08. The lowest BCUT2D eigenvalue weighted by molar-refractivity contribution is 0.247. The van der Waals surface area contributed by atoms with Gasteiger partial charge in [0.05, 0.1) is 39.6 Å². The minimum absolute atomic E-state index is 0.154. The molecule has 0 aromatic heterocycles. The minimum Gasteiger partial charge on any atom is -0.493 e. The molecule has 2 heterocycles. The highest BCUT2D eigenvalue weighted by molar-refractivity contribution is 5.44. The Morgan fingerprint density at radius 3 is 0.692 bits per heavy atom. The first-order valence-electron chi connectivity index (χ1n) is 23.1. The summed E-state index contributed by atoms with van der Waals surface area (Å²) in [6.45, 7) is 18.6. The fourth-order valence-electron chi connectivity index (χ4n) is 7.89. The average Bonchev–Trinajstić information content (AvgIpc) is 4.28. The predicted molar refractivity (Wildman–Crippen MR) is 257 cm³/mol. The predicted octanol–water partition coefficient (Wildman–Crippen LogP) is 11.9. The van der Waals surface area contributed by atoms with E-state index in [4.69, 9.17) is 37.9 Å². The van der Waals surface area contributed by atoms with E-state index >= 15 is 0 Å². The zero-order chi connectivity index (χ0) is 45.3. The second kappa shape index (κ2) is 20.5. The molecule has 6 aromatic carbocycles. The van der Waals surface area contributed by atoms with E-state index in [-0.39, 0.29) is 28.5 Å². The largest absolute Gasteiger partial charge is 0.493 e. The second-order valence-corrected chi connectivity index (χ2v) is 18.7. The third-order valence-electron chi connectivity index (χ3n) is 12.8. The third-order valence-corrected chi connectivity index (χ3v) is 12.8. The van der Waals surface area contributed by atoms with Gasteiger partial charge in [0.25, 0.3) is 0 Å². The monoisotopic (exact) mass is 876 g/mol. The van der Waals surface area contributed by atoms with Crippen LogP contribution in [0.5, 0.6) is 34.5 Å². The van der Waals surface area contributed by atoms with Crippen molar-refractivity contribution in [3.63, 3.8) is 0 Å². The fraction of sp³-hybridized carbons (Fsp3) is 0.368. The van der Waals surface area contributed by atoms with E-state index in [1.54, 1.807) is 0 Å². The molecule has 0 bridgehead atoms. The van der Waals surface area contributed by atoms with Crippen molar-refractivity contribution in [1.29, 1.82) is 0 Å².